The summed E-state index contributed by atoms with van der Waals surface area (Å²) in [6.07, 6.45) is 0.748. The summed E-state index contributed by atoms with van der Waals surface area (Å²) in [6, 6.07) is 19.6. The lowest BCUT2D eigenvalue weighted by Gasteiger charge is -2.32. The number of benzene rings is 3. The van der Waals surface area contributed by atoms with Crippen molar-refractivity contribution in [3.63, 3.8) is 0 Å². The Balaban J connectivity index is 2.03. The number of sulfonamides is 1. The van der Waals surface area contributed by atoms with Gasteiger partial charge in [0.25, 0.3) is 10.0 Å². The van der Waals surface area contributed by atoms with Crippen LogP contribution < -0.4 is 14.4 Å². The van der Waals surface area contributed by atoms with Crippen LogP contribution in [0.15, 0.2) is 82.2 Å². The van der Waals surface area contributed by atoms with Crippen molar-refractivity contribution in [2.24, 2.45) is 0 Å². The zero-order valence-electron chi connectivity index (χ0n) is 22.6. The van der Waals surface area contributed by atoms with Crippen LogP contribution in [0.3, 0.4) is 0 Å². The molecule has 0 radical (unpaired) electrons. The molecule has 2 amide bonds. The number of methoxy groups -OCH3 is 1. The molecule has 208 valence electrons. The molecule has 39 heavy (non-hydrogen) atoms. The van der Waals surface area contributed by atoms with E-state index >= 15 is 0 Å². The van der Waals surface area contributed by atoms with E-state index in [1.807, 2.05) is 38.1 Å². The van der Waals surface area contributed by atoms with Crippen LogP contribution in [0.25, 0.3) is 0 Å². The fourth-order valence-electron chi connectivity index (χ4n) is 3.90. The van der Waals surface area contributed by atoms with Gasteiger partial charge in [0.05, 0.1) is 17.7 Å². The molecule has 1 unspecified atom stereocenters. The SMILES string of the molecule is CCCNC(=O)C(C)N(Cc1ccc(Br)cc1)C(=O)CN(c1cccc(OC)c1)S(=O)(=O)c1ccc(C)cc1. The number of amides is 2. The summed E-state index contributed by atoms with van der Waals surface area (Å²) in [5.74, 6) is -0.379. The van der Waals surface area contributed by atoms with Crippen LogP contribution in [0.1, 0.15) is 31.4 Å². The number of aryl methyl sites for hydroxylation is 1. The Morgan fingerprint density at radius 1 is 1.03 bits per heavy atom. The molecule has 8 nitrogen and oxygen atoms in total. The maximum atomic E-state index is 13.9. The van der Waals surface area contributed by atoms with Crippen LogP contribution >= 0.6 is 15.9 Å². The average molecular weight is 617 g/mol. The molecular weight excluding hydrogens is 582 g/mol. The first-order valence-corrected chi connectivity index (χ1v) is 14.8. The monoisotopic (exact) mass is 615 g/mol. The summed E-state index contributed by atoms with van der Waals surface area (Å²) in [5, 5.41) is 2.84. The highest BCUT2D eigenvalue weighted by Gasteiger charge is 2.32. The molecule has 0 heterocycles. The lowest BCUT2D eigenvalue weighted by molar-refractivity contribution is -0.139. The lowest BCUT2D eigenvalue weighted by atomic mass is 10.1. The minimum atomic E-state index is -4.14. The van der Waals surface area contributed by atoms with Crippen molar-refractivity contribution in [1.82, 2.24) is 10.2 Å². The van der Waals surface area contributed by atoms with E-state index in [4.69, 9.17) is 4.74 Å². The fourth-order valence-corrected chi connectivity index (χ4v) is 5.57. The van der Waals surface area contributed by atoms with Crippen LogP contribution in [0, 0.1) is 6.92 Å². The Hall–Kier alpha value is -3.37. The van der Waals surface area contributed by atoms with E-state index in [2.05, 4.69) is 21.2 Å². The highest BCUT2D eigenvalue weighted by atomic mass is 79.9. The summed E-state index contributed by atoms with van der Waals surface area (Å²) in [7, 11) is -2.65. The highest BCUT2D eigenvalue weighted by Crippen LogP contribution is 2.28. The number of rotatable bonds is 12. The summed E-state index contributed by atoms with van der Waals surface area (Å²) in [6.45, 7) is 5.55. The van der Waals surface area contributed by atoms with Crippen LogP contribution in [0.5, 0.6) is 5.75 Å². The first kappa shape index (κ1) is 30.2. The summed E-state index contributed by atoms with van der Waals surface area (Å²) < 4.78 is 35.0. The van der Waals surface area contributed by atoms with Gasteiger partial charge < -0.3 is 15.0 Å². The molecular formula is C29H34BrN3O5S. The molecule has 0 aromatic heterocycles. The normalized spacial score (nSPS) is 11.9. The van der Waals surface area contributed by atoms with E-state index in [-0.39, 0.29) is 23.0 Å². The minimum absolute atomic E-state index is 0.0527. The van der Waals surface area contributed by atoms with Crippen molar-refractivity contribution in [1.29, 1.82) is 0 Å². The van der Waals surface area contributed by atoms with Gasteiger partial charge in [-0.25, -0.2) is 8.42 Å². The summed E-state index contributed by atoms with van der Waals surface area (Å²) in [4.78, 5) is 28.3. The van der Waals surface area contributed by atoms with E-state index in [0.29, 0.717) is 12.3 Å². The maximum Gasteiger partial charge on any atom is 0.264 e. The van der Waals surface area contributed by atoms with Crippen LogP contribution in [0.2, 0.25) is 0 Å². The van der Waals surface area contributed by atoms with Crippen LogP contribution in [-0.4, -0.2) is 51.4 Å². The van der Waals surface area contributed by atoms with E-state index in [0.717, 1.165) is 26.3 Å². The number of ether oxygens (including phenoxy) is 1. The zero-order chi connectivity index (χ0) is 28.6. The van der Waals surface area contributed by atoms with E-state index < -0.39 is 28.5 Å². The predicted molar refractivity (Wildman–Crippen MR) is 156 cm³/mol. The number of hydrogen-bond acceptors (Lipinski definition) is 5. The van der Waals surface area contributed by atoms with Gasteiger partial charge in [-0.2, -0.15) is 0 Å². The molecule has 0 bridgehead atoms. The molecule has 10 heteroatoms. The largest absolute Gasteiger partial charge is 0.497 e. The second-order valence-corrected chi connectivity index (χ2v) is 11.9. The van der Waals surface area contributed by atoms with Crippen LogP contribution in [-0.2, 0) is 26.2 Å². The van der Waals surface area contributed by atoms with Crippen LogP contribution in [0.4, 0.5) is 5.69 Å². The molecule has 0 fully saturated rings. The number of nitrogens with zero attached hydrogens (tertiary/aromatic N) is 2. The maximum absolute atomic E-state index is 13.9. The van der Waals surface area contributed by atoms with Gasteiger partial charge in [0.1, 0.15) is 18.3 Å². The zero-order valence-corrected chi connectivity index (χ0v) is 25.0. The first-order chi connectivity index (χ1) is 18.6. The number of carbonyl (C=O) groups excluding carboxylic acids is 2. The number of carbonyl (C=O) groups is 2. The molecule has 0 saturated heterocycles. The third-order valence-electron chi connectivity index (χ3n) is 6.21. The number of anilines is 1. The molecule has 0 aliphatic heterocycles. The Kier molecular flexibility index (Phi) is 10.5. The van der Waals surface area contributed by atoms with Gasteiger partial charge in [-0.1, -0.05) is 58.7 Å². The Morgan fingerprint density at radius 2 is 1.69 bits per heavy atom. The minimum Gasteiger partial charge on any atom is -0.497 e. The second kappa shape index (κ2) is 13.6. The predicted octanol–water partition coefficient (Wildman–Crippen LogP) is 4.90. The van der Waals surface area contributed by atoms with E-state index in [1.165, 1.54) is 24.1 Å². The van der Waals surface area contributed by atoms with Crippen molar-refractivity contribution in [3.05, 3.63) is 88.4 Å². The lowest BCUT2D eigenvalue weighted by Crippen LogP contribution is -2.51. The molecule has 0 saturated carbocycles. The second-order valence-electron chi connectivity index (χ2n) is 9.14. The van der Waals surface area contributed by atoms with Crippen molar-refractivity contribution in [3.8, 4) is 5.75 Å². The van der Waals surface area contributed by atoms with Crippen molar-refractivity contribution in [2.45, 2.75) is 44.7 Å². The first-order valence-electron chi connectivity index (χ1n) is 12.6. The quantitative estimate of drug-likeness (QED) is 0.312. The smallest absolute Gasteiger partial charge is 0.264 e. The topological polar surface area (TPSA) is 96.0 Å². The van der Waals surface area contributed by atoms with Crippen molar-refractivity contribution in [2.75, 3.05) is 24.5 Å². The van der Waals surface area contributed by atoms with Gasteiger partial charge in [0.15, 0.2) is 0 Å². The van der Waals surface area contributed by atoms with Crippen molar-refractivity contribution >= 4 is 43.5 Å². The van der Waals surface area contributed by atoms with Crippen molar-refractivity contribution < 1.29 is 22.7 Å². The Bertz CT molecular complexity index is 1380. The average Bonchev–Trinajstić information content (AvgIpc) is 2.93. The van der Waals surface area contributed by atoms with Gasteiger partial charge in [-0.05, 0) is 62.2 Å². The molecule has 3 aromatic carbocycles. The summed E-state index contributed by atoms with van der Waals surface area (Å²) in [5.41, 5.74) is 1.98. The Morgan fingerprint density at radius 3 is 2.31 bits per heavy atom. The molecule has 0 aliphatic carbocycles. The van der Waals surface area contributed by atoms with Gasteiger partial charge in [-0.3, -0.25) is 13.9 Å². The third-order valence-corrected chi connectivity index (χ3v) is 8.53. The fraction of sp³-hybridized carbons (Fsp3) is 0.310. The molecule has 0 aliphatic rings. The Labute approximate surface area is 239 Å². The molecule has 1 N–H and O–H groups in total. The number of hydrogen-bond donors (Lipinski definition) is 1. The van der Waals surface area contributed by atoms with Gasteiger partial charge in [-0.15, -0.1) is 0 Å². The summed E-state index contributed by atoms with van der Waals surface area (Å²) >= 11 is 3.41. The number of halogens is 1. The molecule has 3 rings (SSSR count). The van der Waals surface area contributed by atoms with E-state index in [9.17, 15) is 18.0 Å². The molecule has 0 spiro atoms. The molecule has 3 aromatic rings. The number of nitrogens with one attached hydrogen (secondary N) is 1. The van der Waals surface area contributed by atoms with Gasteiger partial charge in [0.2, 0.25) is 11.8 Å². The standard InChI is InChI=1S/C29H34BrN3O5S/c1-5-17-31-29(35)22(3)32(19-23-11-13-24(30)14-12-23)28(34)20-33(25-7-6-8-26(18-25)38-4)39(36,37)27-15-9-21(2)10-16-27/h6-16,18,22H,5,17,19-20H2,1-4H3,(H,31,35). The molecule has 1 atom stereocenters. The highest BCUT2D eigenvalue weighted by molar-refractivity contribution is 9.10. The van der Waals surface area contributed by atoms with Gasteiger partial charge >= 0.3 is 0 Å². The van der Waals surface area contributed by atoms with Gasteiger partial charge in [0, 0.05) is 23.6 Å². The van der Waals surface area contributed by atoms with E-state index in [1.54, 1.807) is 43.3 Å². The third kappa shape index (κ3) is 7.83.